The molecular weight excluding hydrogens is 304 g/mol. The lowest BCUT2D eigenvalue weighted by molar-refractivity contribution is 0.407. The van der Waals surface area contributed by atoms with Gasteiger partial charge in [0.05, 0.1) is 12.8 Å². The SMILES string of the molecule is COc1ccc(-c2c(Br)nc(C)n2C)cc1C(C)C. The van der Waals surface area contributed by atoms with E-state index in [2.05, 4.69) is 51.5 Å². The molecule has 0 fully saturated rings. The summed E-state index contributed by atoms with van der Waals surface area (Å²) in [6, 6.07) is 6.29. The molecule has 0 amide bonds. The summed E-state index contributed by atoms with van der Waals surface area (Å²) < 4.78 is 8.40. The Labute approximate surface area is 122 Å². The number of methoxy groups -OCH3 is 1. The third-order valence-electron chi connectivity index (χ3n) is 3.40. The zero-order valence-electron chi connectivity index (χ0n) is 12.0. The summed E-state index contributed by atoms with van der Waals surface area (Å²) in [5.41, 5.74) is 3.47. The van der Waals surface area contributed by atoms with Gasteiger partial charge in [-0.05, 0) is 52.5 Å². The number of hydrogen-bond acceptors (Lipinski definition) is 2. The topological polar surface area (TPSA) is 27.1 Å². The molecule has 102 valence electrons. The lowest BCUT2D eigenvalue weighted by atomic mass is 9.98. The van der Waals surface area contributed by atoms with E-state index >= 15 is 0 Å². The predicted molar refractivity (Wildman–Crippen MR) is 81.7 cm³/mol. The average Bonchev–Trinajstić information content (AvgIpc) is 2.62. The fourth-order valence-electron chi connectivity index (χ4n) is 2.22. The Hall–Kier alpha value is -1.29. The Morgan fingerprint density at radius 2 is 2.00 bits per heavy atom. The Balaban J connectivity index is 2.60. The van der Waals surface area contributed by atoms with Gasteiger partial charge in [-0.3, -0.25) is 0 Å². The molecule has 1 aromatic heterocycles. The standard InChI is InChI=1S/C15H19BrN2O/c1-9(2)12-8-11(6-7-13(12)19-5)14-15(16)17-10(3)18(14)4/h6-9H,1-5H3. The molecule has 19 heavy (non-hydrogen) atoms. The summed E-state index contributed by atoms with van der Waals surface area (Å²) in [6.45, 7) is 6.34. The largest absolute Gasteiger partial charge is 0.496 e. The van der Waals surface area contributed by atoms with Crippen LogP contribution in [0, 0.1) is 6.92 Å². The van der Waals surface area contributed by atoms with Crippen LogP contribution in [-0.2, 0) is 7.05 Å². The maximum Gasteiger partial charge on any atom is 0.132 e. The molecule has 0 aliphatic heterocycles. The van der Waals surface area contributed by atoms with Gasteiger partial charge in [0, 0.05) is 12.6 Å². The van der Waals surface area contributed by atoms with E-state index < -0.39 is 0 Å². The number of aromatic nitrogens is 2. The molecule has 3 nitrogen and oxygen atoms in total. The minimum atomic E-state index is 0.419. The molecule has 0 spiro atoms. The van der Waals surface area contributed by atoms with Crippen molar-refractivity contribution in [1.29, 1.82) is 0 Å². The smallest absolute Gasteiger partial charge is 0.132 e. The maximum atomic E-state index is 5.43. The van der Waals surface area contributed by atoms with Crippen molar-refractivity contribution in [3.63, 3.8) is 0 Å². The number of halogens is 1. The molecule has 1 heterocycles. The van der Waals surface area contributed by atoms with Crippen LogP contribution in [0.15, 0.2) is 22.8 Å². The minimum Gasteiger partial charge on any atom is -0.496 e. The second kappa shape index (κ2) is 5.37. The van der Waals surface area contributed by atoms with Gasteiger partial charge in [-0.1, -0.05) is 13.8 Å². The molecule has 0 aliphatic rings. The molecule has 0 bridgehead atoms. The third-order valence-corrected chi connectivity index (χ3v) is 3.95. The van der Waals surface area contributed by atoms with E-state index in [1.165, 1.54) is 5.56 Å². The van der Waals surface area contributed by atoms with Crippen molar-refractivity contribution >= 4 is 15.9 Å². The number of ether oxygens (including phenoxy) is 1. The molecule has 0 unspecified atom stereocenters. The van der Waals surface area contributed by atoms with Crippen LogP contribution in [0.4, 0.5) is 0 Å². The molecule has 0 N–H and O–H groups in total. The molecule has 4 heteroatoms. The molecule has 0 aliphatic carbocycles. The first-order chi connectivity index (χ1) is 8.95. The van der Waals surface area contributed by atoms with Crippen molar-refractivity contribution < 1.29 is 4.74 Å². The van der Waals surface area contributed by atoms with Crippen molar-refractivity contribution in [2.24, 2.45) is 7.05 Å². The highest BCUT2D eigenvalue weighted by Crippen LogP contribution is 2.34. The summed E-state index contributed by atoms with van der Waals surface area (Å²) in [6.07, 6.45) is 0. The van der Waals surface area contributed by atoms with Crippen LogP contribution >= 0.6 is 15.9 Å². The summed E-state index contributed by atoms with van der Waals surface area (Å²) in [7, 11) is 3.74. The Bertz CT molecular complexity index is 602. The van der Waals surface area contributed by atoms with Gasteiger partial charge < -0.3 is 9.30 Å². The zero-order valence-corrected chi connectivity index (χ0v) is 13.6. The highest BCUT2D eigenvalue weighted by Gasteiger charge is 2.15. The fourth-order valence-corrected chi connectivity index (χ4v) is 2.97. The first-order valence-corrected chi connectivity index (χ1v) is 7.12. The lowest BCUT2D eigenvalue weighted by Crippen LogP contribution is -1.98. The lowest BCUT2D eigenvalue weighted by Gasteiger charge is -2.14. The molecular formula is C15H19BrN2O. The van der Waals surface area contributed by atoms with Crippen LogP contribution in [0.1, 0.15) is 31.2 Å². The molecule has 0 radical (unpaired) electrons. The summed E-state index contributed by atoms with van der Waals surface area (Å²) >= 11 is 3.54. The van der Waals surface area contributed by atoms with E-state index in [1.807, 2.05) is 20.0 Å². The van der Waals surface area contributed by atoms with Crippen LogP contribution in [0.5, 0.6) is 5.75 Å². The van der Waals surface area contributed by atoms with Crippen LogP contribution < -0.4 is 4.74 Å². The van der Waals surface area contributed by atoms with Crippen LogP contribution in [0.3, 0.4) is 0 Å². The molecule has 2 aromatic rings. The maximum absolute atomic E-state index is 5.43. The number of aryl methyl sites for hydroxylation is 1. The Kier molecular flexibility index (Phi) is 3.99. The van der Waals surface area contributed by atoms with Gasteiger partial charge in [0.2, 0.25) is 0 Å². The van der Waals surface area contributed by atoms with Gasteiger partial charge in [-0.15, -0.1) is 0 Å². The second-order valence-corrected chi connectivity index (χ2v) is 5.72. The van der Waals surface area contributed by atoms with Crippen LogP contribution in [0.25, 0.3) is 11.3 Å². The van der Waals surface area contributed by atoms with Crippen molar-refractivity contribution in [2.75, 3.05) is 7.11 Å². The number of rotatable bonds is 3. The van der Waals surface area contributed by atoms with Gasteiger partial charge in [0.25, 0.3) is 0 Å². The van der Waals surface area contributed by atoms with E-state index in [-0.39, 0.29) is 0 Å². The Morgan fingerprint density at radius 3 is 2.47 bits per heavy atom. The second-order valence-electron chi connectivity index (χ2n) is 4.97. The van der Waals surface area contributed by atoms with E-state index in [0.717, 1.165) is 27.4 Å². The van der Waals surface area contributed by atoms with E-state index in [0.29, 0.717) is 5.92 Å². The van der Waals surface area contributed by atoms with Gasteiger partial charge >= 0.3 is 0 Å². The van der Waals surface area contributed by atoms with Crippen molar-refractivity contribution in [1.82, 2.24) is 9.55 Å². The van der Waals surface area contributed by atoms with Crippen molar-refractivity contribution in [3.8, 4) is 17.0 Å². The minimum absolute atomic E-state index is 0.419. The average molecular weight is 323 g/mol. The Morgan fingerprint density at radius 1 is 1.32 bits per heavy atom. The monoisotopic (exact) mass is 322 g/mol. The van der Waals surface area contributed by atoms with Gasteiger partial charge in [0.1, 0.15) is 16.2 Å². The summed E-state index contributed by atoms with van der Waals surface area (Å²) in [4.78, 5) is 4.45. The normalized spacial score (nSPS) is 11.1. The highest BCUT2D eigenvalue weighted by molar-refractivity contribution is 9.10. The first-order valence-electron chi connectivity index (χ1n) is 6.32. The fraction of sp³-hybridized carbons (Fsp3) is 0.400. The van der Waals surface area contributed by atoms with Gasteiger partial charge in [0.15, 0.2) is 0 Å². The van der Waals surface area contributed by atoms with E-state index in [9.17, 15) is 0 Å². The van der Waals surface area contributed by atoms with Crippen molar-refractivity contribution in [2.45, 2.75) is 26.7 Å². The summed E-state index contributed by atoms with van der Waals surface area (Å²) in [5, 5.41) is 0. The third kappa shape index (κ3) is 2.54. The van der Waals surface area contributed by atoms with Gasteiger partial charge in [-0.25, -0.2) is 4.98 Å². The summed E-state index contributed by atoms with van der Waals surface area (Å²) in [5.74, 6) is 2.35. The van der Waals surface area contributed by atoms with E-state index in [1.54, 1.807) is 7.11 Å². The number of imidazole rings is 1. The quantitative estimate of drug-likeness (QED) is 0.842. The van der Waals surface area contributed by atoms with Crippen LogP contribution in [0.2, 0.25) is 0 Å². The molecule has 0 saturated heterocycles. The molecule has 2 rings (SSSR count). The molecule has 0 saturated carbocycles. The highest BCUT2D eigenvalue weighted by atomic mass is 79.9. The predicted octanol–water partition coefficient (Wildman–Crippen LogP) is 4.29. The molecule has 0 atom stereocenters. The number of nitrogens with zero attached hydrogens (tertiary/aromatic N) is 2. The van der Waals surface area contributed by atoms with Gasteiger partial charge in [-0.2, -0.15) is 0 Å². The van der Waals surface area contributed by atoms with Crippen molar-refractivity contribution in [3.05, 3.63) is 34.2 Å². The number of hydrogen-bond donors (Lipinski definition) is 0. The zero-order chi connectivity index (χ0) is 14.2. The first kappa shape index (κ1) is 14.1. The molecule has 1 aromatic carbocycles. The number of benzene rings is 1. The van der Waals surface area contributed by atoms with E-state index in [4.69, 9.17) is 4.74 Å². The van der Waals surface area contributed by atoms with Crippen LogP contribution in [-0.4, -0.2) is 16.7 Å².